The highest BCUT2D eigenvalue weighted by Crippen LogP contribution is 2.41. The SMILES string of the molecule is CC1CCC(C2CCC(C(=O)C(C)C)CC2)CC1. The maximum atomic E-state index is 12.0. The molecule has 104 valence electrons. The molecule has 0 heterocycles. The number of carbonyl (C=O) groups is 1. The van der Waals surface area contributed by atoms with Crippen LogP contribution in [-0.2, 0) is 4.79 Å². The smallest absolute Gasteiger partial charge is 0.138 e. The Morgan fingerprint density at radius 1 is 0.833 bits per heavy atom. The van der Waals surface area contributed by atoms with Crippen LogP contribution < -0.4 is 0 Å². The van der Waals surface area contributed by atoms with Crippen molar-refractivity contribution < 1.29 is 4.79 Å². The Morgan fingerprint density at radius 2 is 1.28 bits per heavy atom. The van der Waals surface area contributed by atoms with Crippen molar-refractivity contribution in [3.8, 4) is 0 Å². The molecular weight excluding hydrogens is 220 g/mol. The first-order chi connectivity index (χ1) is 8.58. The molecule has 1 heteroatoms. The fourth-order valence-corrected chi connectivity index (χ4v) is 4.10. The van der Waals surface area contributed by atoms with E-state index < -0.39 is 0 Å². The Morgan fingerprint density at radius 3 is 1.72 bits per heavy atom. The zero-order chi connectivity index (χ0) is 13.1. The molecule has 1 nitrogen and oxygen atoms in total. The number of rotatable bonds is 3. The Hall–Kier alpha value is -0.330. The molecule has 0 bridgehead atoms. The molecule has 0 aromatic carbocycles. The van der Waals surface area contributed by atoms with Crippen LogP contribution in [-0.4, -0.2) is 5.78 Å². The van der Waals surface area contributed by atoms with Crippen LogP contribution in [0.2, 0.25) is 0 Å². The maximum Gasteiger partial charge on any atom is 0.138 e. The number of ketones is 1. The zero-order valence-corrected chi connectivity index (χ0v) is 12.5. The first-order valence-corrected chi connectivity index (χ1v) is 8.11. The molecule has 0 N–H and O–H groups in total. The first-order valence-electron chi connectivity index (χ1n) is 8.11. The molecule has 2 aliphatic rings. The van der Waals surface area contributed by atoms with Gasteiger partial charge in [0.15, 0.2) is 0 Å². The summed E-state index contributed by atoms with van der Waals surface area (Å²) in [6, 6.07) is 0. The monoisotopic (exact) mass is 250 g/mol. The second-order valence-electron chi connectivity index (χ2n) is 7.19. The Kier molecular flexibility index (Phi) is 4.86. The molecule has 0 atom stereocenters. The van der Waals surface area contributed by atoms with Crippen LogP contribution in [0.15, 0.2) is 0 Å². The standard InChI is InChI=1S/C17H30O/c1-12(2)17(18)16-10-8-15(9-11-16)14-6-4-13(3)5-7-14/h12-16H,4-11H2,1-3H3. The molecule has 2 aliphatic carbocycles. The molecule has 0 aromatic heterocycles. The largest absolute Gasteiger partial charge is 0.299 e. The fraction of sp³-hybridized carbons (Fsp3) is 0.941. The molecule has 18 heavy (non-hydrogen) atoms. The molecule has 0 amide bonds. The molecule has 2 rings (SSSR count). The van der Waals surface area contributed by atoms with E-state index in [0.29, 0.717) is 11.7 Å². The van der Waals surface area contributed by atoms with E-state index >= 15 is 0 Å². The van der Waals surface area contributed by atoms with Gasteiger partial charge >= 0.3 is 0 Å². The van der Waals surface area contributed by atoms with Gasteiger partial charge in [-0.3, -0.25) is 4.79 Å². The average Bonchev–Trinajstić information content (AvgIpc) is 2.39. The molecule has 0 aliphatic heterocycles. The van der Waals surface area contributed by atoms with Crippen LogP contribution >= 0.6 is 0 Å². The van der Waals surface area contributed by atoms with Gasteiger partial charge in [0.2, 0.25) is 0 Å². The van der Waals surface area contributed by atoms with E-state index in [1.807, 2.05) is 0 Å². The lowest BCUT2D eigenvalue weighted by Gasteiger charge is -2.37. The summed E-state index contributed by atoms with van der Waals surface area (Å²) in [5.74, 6) is 4.03. The van der Waals surface area contributed by atoms with Crippen molar-refractivity contribution in [2.75, 3.05) is 0 Å². The van der Waals surface area contributed by atoms with Crippen LogP contribution in [0.25, 0.3) is 0 Å². The van der Waals surface area contributed by atoms with Gasteiger partial charge in [0.25, 0.3) is 0 Å². The minimum absolute atomic E-state index is 0.238. The number of hydrogen-bond donors (Lipinski definition) is 0. The Bertz CT molecular complexity index is 265. The highest BCUT2D eigenvalue weighted by atomic mass is 16.1. The van der Waals surface area contributed by atoms with Crippen molar-refractivity contribution >= 4 is 5.78 Å². The summed E-state index contributed by atoms with van der Waals surface area (Å²) in [6.07, 6.45) is 10.8. The van der Waals surface area contributed by atoms with E-state index in [4.69, 9.17) is 0 Å². The van der Waals surface area contributed by atoms with Gasteiger partial charge in [0.05, 0.1) is 0 Å². The van der Waals surface area contributed by atoms with E-state index in [0.717, 1.165) is 17.8 Å². The normalized spacial score (nSPS) is 37.8. The van der Waals surface area contributed by atoms with E-state index in [1.54, 1.807) is 0 Å². The number of carbonyl (C=O) groups excluding carboxylic acids is 1. The summed E-state index contributed by atoms with van der Waals surface area (Å²) in [6.45, 7) is 6.50. The maximum absolute atomic E-state index is 12.0. The lowest BCUT2D eigenvalue weighted by Crippen LogP contribution is -2.29. The molecule has 2 saturated carbocycles. The second-order valence-corrected chi connectivity index (χ2v) is 7.19. The van der Waals surface area contributed by atoms with E-state index in [9.17, 15) is 4.79 Å². The molecule has 0 aromatic rings. The van der Waals surface area contributed by atoms with Gasteiger partial charge < -0.3 is 0 Å². The van der Waals surface area contributed by atoms with Crippen LogP contribution in [0.5, 0.6) is 0 Å². The third-order valence-electron chi connectivity index (χ3n) is 5.47. The highest BCUT2D eigenvalue weighted by molar-refractivity contribution is 5.82. The number of hydrogen-bond acceptors (Lipinski definition) is 1. The second kappa shape index (κ2) is 6.21. The summed E-state index contributed by atoms with van der Waals surface area (Å²) in [5.41, 5.74) is 0. The molecule has 0 spiro atoms. The van der Waals surface area contributed by atoms with Gasteiger partial charge in [-0.2, -0.15) is 0 Å². The van der Waals surface area contributed by atoms with Crippen molar-refractivity contribution in [2.45, 2.75) is 72.1 Å². The van der Waals surface area contributed by atoms with E-state index in [-0.39, 0.29) is 5.92 Å². The van der Waals surface area contributed by atoms with Gasteiger partial charge in [0.1, 0.15) is 5.78 Å². The summed E-state index contributed by atoms with van der Waals surface area (Å²) in [5, 5.41) is 0. The minimum atomic E-state index is 0.238. The van der Waals surface area contributed by atoms with Gasteiger partial charge in [-0.05, 0) is 56.3 Å². The van der Waals surface area contributed by atoms with E-state index in [2.05, 4.69) is 20.8 Å². The van der Waals surface area contributed by atoms with Gasteiger partial charge in [-0.15, -0.1) is 0 Å². The summed E-state index contributed by atoms with van der Waals surface area (Å²) in [4.78, 5) is 12.0. The third-order valence-corrected chi connectivity index (χ3v) is 5.47. The summed E-state index contributed by atoms with van der Waals surface area (Å²) >= 11 is 0. The van der Waals surface area contributed by atoms with Crippen LogP contribution in [0.4, 0.5) is 0 Å². The topological polar surface area (TPSA) is 17.1 Å². The molecule has 2 fully saturated rings. The lowest BCUT2D eigenvalue weighted by molar-refractivity contribution is -0.127. The summed E-state index contributed by atoms with van der Waals surface area (Å²) in [7, 11) is 0. The molecule has 0 saturated heterocycles. The van der Waals surface area contributed by atoms with E-state index in [1.165, 1.54) is 51.4 Å². The quantitative estimate of drug-likeness (QED) is 0.700. The summed E-state index contributed by atoms with van der Waals surface area (Å²) < 4.78 is 0. The van der Waals surface area contributed by atoms with Gasteiger partial charge in [-0.1, -0.05) is 33.6 Å². The average molecular weight is 250 g/mol. The Labute approximate surface area is 113 Å². The van der Waals surface area contributed by atoms with Crippen molar-refractivity contribution in [2.24, 2.45) is 29.6 Å². The molecular formula is C17H30O. The van der Waals surface area contributed by atoms with Crippen molar-refractivity contribution in [3.05, 3.63) is 0 Å². The zero-order valence-electron chi connectivity index (χ0n) is 12.5. The Balaban J connectivity index is 1.78. The lowest BCUT2D eigenvalue weighted by atomic mass is 9.68. The van der Waals surface area contributed by atoms with Crippen molar-refractivity contribution in [3.63, 3.8) is 0 Å². The van der Waals surface area contributed by atoms with Crippen LogP contribution in [0.1, 0.15) is 72.1 Å². The molecule has 0 radical (unpaired) electrons. The predicted molar refractivity (Wildman–Crippen MR) is 76.4 cm³/mol. The van der Waals surface area contributed by atoms with Crippen molar-refractivity contribution in [1.29, 1.82) is 0 Å². The van der Waals surface area contributed by atoms with Gasteiger partial charge in [-0.25, -0.2) is 0 Å². The van der Waals surface area contributed by atoms with Crippen LogP contribution in [0, 0.1) is 29.6 Å². The minimum Gasteiger partial charge on any atom is -0.299 e. The fourth-order valence-electron chi connectivity index (χ4n) is 4.10. The van der Waals surface area contributed by atoms with Gasteiger partial charge in [0, 0.05) is 11.8 Å². The third kappa shape index (κ3) is 3.36. The first kappa shape index (κ1) is 14.1. The predicted octanol–water partition coefficient (Wildman–Crippen LogP) is 4.84. The molecule has 0 unspecified atom stereocenters. The number of Topliss-reactive ketones (excluding diaryl/α,β-unsaturated/α-hetero) is 1. The van der Waals surface area contributed by atoms with Crippen LogP contribution in [0.3, 0.4) is 0 Å². The van der Waals surface area contributed by atoms with Crippen molar-refractivity contribution in [1.82, 2.24) is 0 Å². The highest BCUT2D eigenvalue weighted by Gasteiger charge is 2.32.